The first kappa shape index (κ1) is 21.9. The second kappa shape index (κ2) is 11.4. The molecule has 8 heteroatoms. The molecular weight excluding hydrogens is 360 g/mol. The molecule has 0 unspecified atom stereocenters. The molecule has 0 spiro atoms. The van der Waals surface area contributed by atoms with Crippen molar-refractivity contribution in [2.45, 2.75) is 46.6 Å². The van der Waals surface area contributed by atoms with Crippen molar-refractivity contribution in [2.75, 3.05) is 25.2 Å². The minimum absolute atomic E-state index is 0.313. The van der Waals surface area contributed by atoms with E-state index in [9.17, 15) is 9.59 Å². The Labute approximate surface area is 164 Å². The first-order chi connectivity index (χ1) is 13.5. The molecule has 154 valence electrons. The fourth-order valence-electron chi connectivity index (χ4n) is 2.84. The predicted molar refractivity (Wildman–Crippen MR) is 110 cm³/mol. The monoisotopic (exact) mass is 390 g/mol. The Balaban J connectivity index is 1.90. The van der Waals surface area contributed by atoms with E-state index in [2.05, 4.69) is 29.5 Å². The molecule has 1 aromatic carbocycles. The highest BCUT2D eigenvalue weighted by Gasteiger charge is 2.06. The Morgan fingerprint density at radius 2 is 1.93 bits per heavy atom. The third-order valence-corrected chi connectivity index (χ3v) is 4.38. The summed E-state index contributed by atoms with van der Waals surface area (Å²) in [4.78, 5) is 36.9. The van der Waals surface area contributed by atoms with Gasteiger partial charge in [0.1, 0.15) is 12.5 Å². The van der Waals surface area contributed by atoms with Crippen molar-refractivity contribution in [1.29, 1.82) is 0 Å². The number of hydrogen-bond donors (Lipinski definition) is 3. The number of nitrogens with zero attached hydrogens (tertiary/aromatic N) is 1. The molecule has 8 nitrogen and oxygen atoms in total. The SMILES string of the molecule is CCOOCNCCCCn1c(=O)cc(Nc2ccc(C)c(CC)c2)[nH]c1=O. The molecule has 0 bridgehead atoms. The lowest BCUT2D eigenvalue weighted by Gasteiger charge is -2.11. The van der Waals surface area contributed by atoms with E-state index in [0.717, 1.165) is 18.5 Å². The number of aryl methyl sites for hydroxylation is 2. The lowest BCUT2D eigenvalue weighted by atomic mass is 10.1. The maximum atomic E-state index is 12.3. The number of anilines is 2. The number of benzene rings is 1. The van der Waals surface area contributed by atoms with E-state index >= 15 is 0 Å². The number of unbranched alkanes of at least 4 members (excludes halogenated alkanes) is 1. The Hall–Kier alpha value is -2.42. The van der Waals surface area contributed by atoms with Gasteiger partial charge in [-0.15, -0.1) is 0 Å². The zero-order valence-corrected chi connectivity index (χ0v) is 16.8. The average Bonchev–Trinajstić information content (AvgIpc) is 2.67. The van der Waals surface area contributed by atoms with E-state index < -0.39 is 5.69 Å². The van der Waals surface area contributed by atoms with Crippen LogP contribution in [0.4, 0.5) is 11.5 Å². The van der Waals surface area contributed by atoms with Gasteiger partial charge in [-0.1, -0.05) is 13.0 Å². The molecule has 0 aliphatic rings. The molecule has 3 N–H and O–H groups in total. The highest BCUT2D eigenvalue weighted by Crippen LogP contribution is 2.18. The number of aromatic amines is 1. The van der Waals surface area contributed by atoms with Gasteiger partial charge in [0.25, 0.3) is 5.56 Å². The van der Waals surface area contributed by atoms with Crippen LogP contribution in [0.2, 0.25) is 0 Å². The van der Waals surface area contributed by atoms with E-state index in [-0.39, 0.29) is 5.56 Å². The van der Waals surface area contributed by atoms with Crippen molar-refractivity contribution in [3.8, 4) is 0 Å². The lowest BCUT2D eigenvalue weighted by molar-refractivity contribution is -0.295. The number of rotatable bonds is 12. The third-order valence-electron chi connectivity index (χ3n) is 4.38. The summed E-state index contributed by atoms with van der Waals surface area (Å²) in [5, 5.41) is 6.17. The maximum Gasteiger partial charge on any atom is 0.329 e. The maximum absolute atomic E-state index is 12.3. The minimum atomic E-state index is -0.412. The van der Waals surface area contributed by atoms with E-state index in [0.29, 0.717) is 38.7 Å². The summed E-state index contributed by atoms with van der Waals surface area (Å²) in [5.41, 5.74) is 2.56. The van der Waals surface area contributed by atoms with Crippen LogP contribution >= 0.6 is 0 Å². The minimum Gasteiger partial charge on any atom is -0.342 e. The summed E-state index contributed by atoms with van der Waals surface area (Å²) in [6.07, 6.45) is 2.44. The van der Waals surface area contributed by atoms with Gasteiger partial charge in [-0.3, -0.25) is 19.7 Å². The summed E-state index contributed by atoms with van der Waals surface area (Å²) in [7, 11) is 0. The lowest BCUT2D eigenvalue weighted by Crippen LogP contribution is -2.35. The van der Waals surface area contributed by atoms with Gasteiger partial charge >= 0.3 is 5.69 Å². The van der Waals surface area contributed by atoms with Crippen molar-refractivity contribution in [3.05, 3.63) is 56.2 Å². The Bertz CT molecular complexity index is 829. The van der Waals surface area contributed by atoms with Crippen LogP contribution in [-0.4, -0.2) is 29.4 Å². The van der Waals surface area contributed by atoms with Gasteiger partial charge in [0.2, 0.25) is 0 Å². The highest BCUT2D eigenvalue weighted by atomic mass is 17.2. The predicted octanol–water partition coefficient (Wildman–Crippen LogP) is 2.45. The Morgan fingerprint density at radius 3 is 2.64 bits per heavy atom. The molecule has 2 rings (SSSR count). The number of H-pyrrole nitrogens is 1. The molecule has 0 aliphatic heterocycles. The van der Waals surface area contributed by atoms with E-state index in [1.807, 2.05) is 25.1 Å². The second-order valence-electron chi connectivity index (χ2n) is 6.47. The summed E-state index contributed by atoms with van der Waals surface area (Å²) < 4.78 is 1.22. The van der Waals surface area contributed by atoms with Crippen LogP contribution in [0, 0.1) is 6.92 Å². The van der Waals surface area contributed by atoms with Gasteiger partial charge in [-0.25, -0.2) is 14.6 Å². The van der Waals surface area contributed by atoms with Gasteiger partial charge in [-0.05, 0) is 62.9 Å². The highest BCUT2D eigenvalue weighted by molar-refractivity contribution is 5.57. The van der Waals surface area contributed by atoms with Crippen LogP contribution in [0.15, 0.2) is 33.9 Å². The summed E-state index contributed by atoms with van der Waals surface area (Å²) in [6, 6.07) is 7.40. The average molecular weight is 390 g/mol. The van der Waals surface area contributed by atoms with Gasteiger partial charge in [0.05, 0.1) is 6.61 Å². The molecule has 0 atom stereocenters. The molecule has 0 radical (unpaired) electrons. The van der Waals surface area contributed by atoms with Crippen LogP contribution < -0.4 is 21.9 Å². The molecule has 0 amide bonds. The van der Waals surface area contributed by atoms with Gasteiger partial charge in [0.15, 0.2) is 0 Å². The first-order valence-corrected chi connectivity index (χ1v) is 9.71. The van der Waals surface area contributed by atoms with Crippen molar-refractivity contribution in [1.82, 2.24) is 14.9 Å². The standard InChI is InChI=1S/C20H30N4O4/c1-4-16-12-17(9-8-15(16)3)22-18-13-19(25)24(20(26)23-18)11-7-6-10-21-14-28-27-5-2/h8-9,12-13,21-22H,4-7,10-11,14H2,1-3H3,(H,23,26). The molecule has 2 aromatic rings. The molecule has 0 fully saturated rings. The number of nitrogens with one attached hydrogen (secondary N) is 3. The van der Waals surface area contributed by atoms with Gasteiger partial charge in [-0.2, -0.15) is 0 Å². The molecule has 0 aliphatic carbocycles. The zero-order valence-electron chi connectivity index (χ0n) is 16.8. The first-order valence-electron chi connectivity index (χ1n) is 9.71. The zero-order chi connectivity index (χ0) is 20.4. The van der Waals surface area contributed by atoms with Crippen LogP contribution in [0.5, 0.6) is 0 Å². The Morgan fingerprint density at radius 1 is 1.11 bits per heavy atom. The molecule has 28 heavy (non-hydrogen) atoms. The van der Waals surface area contributed by atoms with Crippen LogP contribution in [-0.2, 0) is 22.7 Å². The fourth-order valence-corrected chi connectivity index (χ4v) is 2.84. The number of aromatic nitrogens is 2. The Kier molecular flexibility index (Phi) is 8.93. The van der Waals surface area contributed by atoms with Crippen molar-refractivity contribution < 1.29 is 9.78 Å². The fraction of sp³-hybridized carbons (Fsp3) is 0.500. The van der Waals surface area contributed by atoms with Crippen molar-refractivity contribution in [3.63, 3.8) is 0 Å². The number of hydrogen-bond acceptors (Lipinski definition) is 6. The van der Waals surface area contributed by atoms with E-state index in [4.69, 9.17) is 9.78 Å². The van der Waals surface area contributed by atoms with Gasteiger partial charge in [0, 0.05) is 18.3 Å². The second-order valence-corrected chi connectivity index (χ2v) is 6.47. The molecule has 0 saturated carbocycles. The van der Waals surface area contributed by atoms with Crippen molar-refractivity contribution in [2.24, 2.45) is 0 Å². The molecule has 1 heterocycles. The van der Waals surface area contributed by atoms with Crippen LogP contribution in [0.3, 0.4) is 0 Å². The molecular formula is C20H30N4O4. The topological polar surface area (TPSA) is 97.4 Å². The van der Waals surface area contributed by atoms with E-state index in [1.165, 1.54) is 21.8 Å². The third kappa shape index (κ3) is 6.63. The van der Waals surface area contributed by atoms with Crippen LogP contribution in [0.25, 0.3) is 0 Å². The van der Waals surface area contributed by atoms with E-state index in [1.54, 1.807) is 0 Å². The summed E-state index contributed by atoms with van der Waals surface area (Å²) in [5.74, 6) is 0.395. The largest absolute Gasteiger partial charge is 0.342 e. The molecule has 0 saturated heterocycles. The summed E-state index contributed by atoms with van der Waals surface area (Å²) in [6.45, 7) is 7.90. The quantitative estimate of drug-likeness (QED) is 0.223. The smallest absolute Gasteiger partial charge is 0.329 e. The van der Waals surface area contributed by atoms with Crippen molar-refractivity contribution >= 4 is 11.5 Å². The van der Waals surface area contributed by atoms with Gasteiger partial charge < -0.3 is 5.32 Å². The summed E-state index contributed by atoms with van der Waals surface area (Å²) >= 11 is 0. The van der Waals surface area contributed by atoms with Crippen LogP contribution in [0.1, 0.15) is 37.8 Å². The normalized spacial score (nSPS) is 11.0. The molecule has 1 aromatic heterocycles.